The lowest BCUT2D eigenvalue weighted by molar-refractivity contribution is -0.139. The van der Waals surface area contributed by atoms with Crippen molar-refractivity contribution in [2.24, 2.45) is 0 Å². The molecule has 4 rings (SSSR count). The van der Waals surface area contributed by atoms with Crippen LogP contribution in [0.4, 0.5) is 5.69 Å². The van der Waals surface area contributed by atoms with Crippen LogP contribution in [0.2, 0.25) is 15.1 Å². The van der Waals surface area contributed by atoms with Gasteiger partial charge in [0.05, 0.1) is 10.6 Å². The monoisotopic (exact) mass is 657 g/mol. The Bertz CT molecular complexity index is 1680. The quantitative estimate of drug-likeness (QED) is 0.198. The number of sulfonamides is 1. The maximum absolute atomic E-state index is 14.4. The molecule has 224 valence electrons. The van der Waals surface area contributed by atoms with Crippen LogP contribution in [0.1, 0.15) is 16.7 Å². The zero-order chi connectivity index (χ0) is 31.1. The van der Waals surface area contributed by atoms with E-state index in [-0.39, 0.29) is 17.9 Å². The van der Waals surface area contributed by atoms with Gasteiger partial charge in [0.2, 0.25) is 11.8 Å². The highest BCUT2D eigenvalue weighted by molar-refractivity contribution is 7.92. The maximum Gasteiger partial charge on any atom is 0.264 e. The lowest BCUT2D eigenvalue weighted by atomic mass is 10.0. The number of rotatable bonds is 11. The average Bonchev–Trinajstić information content (AvgIpc) is 2.99. The van der Waals surface area contributed by atoms with Crippen LogP contribution < -0.4 is 9.62 Å². The molecule has 1 N–H and O–H groups in total. The highest BCUT2D eigenvalue weighted by atomic mass is 35.5. The van der Waals surface area contributed by atoms with E-state index in [9.17, 15) is 18.0 Å². The molecule has 0 fully saturated rings. The number of carbonyl (C=O) groups excluding carboxylic acids is 2. The molecule has 0 heterocycles. The highest BCUT2D eigenvalue weighted by Gasteiger charge is 2.35. The Balaban J connectivity index is 1.83. The second kappa shape index (κ2) is 14.3. The first kappa shape index (κ1) is 32.4. The molecule has 0 spiro atoms. The molecule has 0 saturated heterocycles. The number of nitrogens with zero attached hydrogens (tertiary/aromatic N) is 2. The van der Waals surface area contributed by atoms with Gasteiger partial charge in [-0.3, -0.25) is 13.9 Å². The summed E-state index contributed by atoms with van der Waals surface area (Å²) >= 11 is 19.0. The van der Waals surface area contributed by atoms with Gasteiger partial charge in [0.25, 0.3) is 10.0 Å². The van der Waals surface area contributed by atoms with Gasteiger partial charge in [-0.05, 0) is 60.5 Å². The molecule has 0 bridgehead atoms. The topological polar surface area (TPSA) is 86.8 Å². The van der Waals surface area contributed by atoms with Crippen molar-refractivity contribution in [2.75, 3.05) is 17.9 Å². The van der Waals surface area contributed by atoms with Crippen LogP contribution in [0.5, 0.6) is 0 Å². The number of aryl methyl sites for hydroxylation is 1. The molecule has 0 aliphatic heterocycles. The fourth-order valence-electron chi connectivity index (χ4n) is 4.66. The van der Waals surface area contributed by atoms with Crippen LogP contribution in [0.15, 0.2) is 102 Å². The SMILES string of the molecule is CNC(=O)[C@H](Cc1ccccc1)N(Cc1c(Cl)cccc1Cl)C(=O)CN(c1ccccc1C)S(=O)(=O)c1ccc(Cl)cc1. The van der Waals surface area contributed by atoms with Crippen molar-refractivity contribution < 1.29 is 18.0 Å². The van der Waals surface area contributed by atoms with Crippen LogP contribution in [0.25, 0.3) is 0 Å². The Morgan fingerprint density at radius 2 is 1.42 bits per heavy atom. The summed E-state index contributed by atoms with van der Waals surface area (Å²) in [5.41, 5.74) is 2.20. The van der Waals surface area contributed by atoms with E-state index in [1.165, 1.54) is 36.2 Å². The smallest absolute Gasteiger partial charge is 0.264 e. The van der Waals surface area contributed by atoms with Crippen molar-refractivity contribution in [1.29, 1.82) is 0 Å². The van der Waals surface area contributed by atoms with Crippen molar-refractivity contribution in [3.8, 4) is 0 Å². The number of amides is 2. The largest absolute Gasteiger partial charge is 0.357 e. The molecular weight excluding hydrogens is 629 g/mol. The van der Waals surface area contributed by atoms with E-state index in [0.717, 1.165) is 9.87 Å². The molecule has 0 aliphatic carbocycles. The summed E-state index contributed by atoms with van der Waals surface area (Å²) in [6.07, 6.45) is 0.169. The predicted octanol–water partition coefficient (Wildman–Crippen LogP) is 6.54. The van der Waals surface area contributed by atoms with Crippen LogP contribution >= 0.6 is 34.8 Å². The van der Waals surface area contributed by atoms with Crippen molar-refractivity contribution in [1.82, 2.24) is 10.2 Å². The summed E-state index contributed by atoms with van der Waals surface area (Å²) in [6, 6.07) is 25.8. The van der Waals surface area contributed by atoms with Gasteiger partial charge in [0.15, 0.2) is 0 Å². The number of hydrogen-bond acceptors (Lipinski definition) is 4. The molecule has 7 nitrogen and oxygen atoms in total. The van der Waals surface area contributed by atoms with E-state index < -0.39 is 34.4 Å². The molecule has 0 aromatic heterocycles. The number of carbonyl (C=O) groups is 2. The Labute approximate surface area is 267 Å². The van der Waals surface area contributed by atoms with E-state index in [2.05, 4.69) is 5.32 Å². The maximum atomic E-state index is 14.4. The van der Waals surface area contributed by atoms with Gasteiger partial charge in [-0.1, -0.05) is 89.4 Å². The van der Waals surface area contributed by atoms with E-state index in [1.54, 1.807) is 49.4 Å². The number of anilines is 1. The fraction of sp³-hybridized carbons (Fsp3) is 0.188. The van der Waals surface area contributed by atoms with Gasteiger partial charge in [-0.15, -0.1) is 0 Å². The average molecular weight is 659 g/mol. The number of benzene rings is 4. The summed E-state index contributed by atoms with van der Waals surface area (Å²) in [4.78, 5) is 29.0. The summed E-state index contributed by atoms with van der Waals surface area (Å²) in [6.45, 7) is 1.03. The second-order valence-electron chi connectivity index (χ2n) is 9.79. The lowest BCUT2D eigenvalue weighted by Gasteiger charge is -2.34. The van der Waals surface area contributed by atoms with E-state index in [0.29, 0.717) is 31.9 Å². The van der Waals surface area contributed by atoms with Gasteiger partial charge in [0, 0.05) is 40.6 Å². The van der Waals surface area contributed by atoms with Crippen molar-refractivity contribution in [3.05, 3.63) is 129 Å². The number of likely N-dealkylation sites (N-methyl/N-ethyl adjacent to an activating group) is 1. The minimum Gasteiger partial charge on any atom is -0.357 e. The molecule has 11 heteroatoms. The second-order valence-corrected chi connectivity index (χ2v) is 12.9. The first-order valence-electron chi connectivity index (χ1n) is 13.3. The van der Waals surface area contributed by atoms with Crippen molar-refractivity contribution in [3.63, 3.8) is 0 Å². The predicted molar refractivity (Wildman–Crippen MR) is 172 cm³/mol. The Morgan fingerprint density at radius 3 is 2.02 bits per heavy atom. The van der Waals surface area contributed by atoms with E-state index in [1.807, 2.05) is 30.3 Å². The van der Waals surface area contributed by atoms with Gasteiger partial charge in [0.1, 0.15) is 12.6 Å². The number of halogens is 3. The van der Waals surface area contributed by atoms with Gasteiger partial charge in [-0.2, -0.15) is 0 Å². The van der Waals surface area contributed by atoms with Crippen LogP contribution in [-0.2, 0) is 32.6 Å². The first-order valence-corrected chi connectivity index (χ1v) is 15.9. The Hall–Kier alpha value is -3.56. The lowest BCUT2D eigenvalue weighted by Crippen LogP contribution is -2.53. The molecule has 2 amide bonds. The molecule has 0 unspecified atom stereocenters. The Kier molecular flexibility index (Phi) is 10.7. The first-order chi connectivity index (χ1) is 20.5. The fourth-order valence-corrected chi connectivity index (χ4v) is 6.79. The third-order valence-electron chi connectivity index (χ3n) is 6.97. The number of hydrogen-bond donors (Lipinski definition) is 1. The zero-order valence-electron chi connectivity index (χ0n) is 23.5. The number of para-hydroxylation sites is 1. The Morgan fingerprint density at radius 1 is 0.814 bits per heavy atom. The van der Waals surface area contributed by atoms with Gasteiger partial charge in [-0.25, -0.2) is 8.42 Å². The molecule has 0 aliphatic rings. The van der Waals surface area contributed by atoms with Gasteiger partial charge >= 0.3 is 0 Å². The standard InChI is InChI=1S/C32H30Cl3N3O4S/c1-22-9-6-7-14-29(22)38(43(41,42)25-17-15-24(33)16-18-25)21-31(39)37(20-26-27(34)12-8-13-28(26)35)30(32(40)36-2)19-23-10-4-3-5-11-23/h3-18,30H,19-21H2,1-2H3,(H,36,40)/t30-/m0/s1. The molecule has 0 saturated carbocycles. The summed E-state index contributed by atoms with van der Waals surface area (Å²) in [5.74, 6) is -1.05. The third-order valence-corrected chi connectivity index (χ3v) is 9.71. The molecule has 4 aromatic carbocycles. The van der Waals surface area contributed by atoms with E-state index >= 15 is 0 Å². The molecular formula is C32H30Cl3N3O4S. The zero-order valence-corrected chi connectivity index (χ0v) is 26.6. The molecule has 4 aromatic rings. The number of nitrogens with one attached hydrogen (secondary N) is 1. The molecule has 1 atom stereocenters. The van der Waals surface area contributed by atoms with Gasteiger partial charge < -0.3 is 10.2 Å². The third kappa shape index (κ3) is 7.70. The molecule has 0 radical (unpaired) electrons. The summed E-state index contributed by atoms with van der Waals surface area (Å²) in [5, 5.41) is 3.64. The van der Waals surface area contributed by atoms with Crippen molar-refractivity contribution in [2.45, 2.75) is 30.8 Å². The van der Waals surface area contributed by atoms with Crippen LogP contribution in [0.3, 0.4) is 0 Å². The minimum absolute atomic E-state index is 0.0409. The van der Waals surface area contributed by atoms with Crippen LogP contribution in [0, 0.1) is 6.92 Å². The summed E-state index contributed by atoms with van der Waals surface area (Å²) in [7, 11) is -2.76. The highest BCUT2D eigenvalue weighted by Crippen LogP contribution is 2.30. The normalized spacial score (nSPS) is 11.9. The van der Waals surface area contributed by atoms with Crippen molar-refractivity contribution >= 4 is 62.3 Å². The molecule has 43 heavy (non-hydrogen) atoms. The minimum atomic E-state index is -4.25. The van der Waals surface area contributed by atoms with E-state index in [4.69, 9.17) is 34.8 Å². The van der Waals surface area contributed by atoms with Crippen LogP contribution in [-0.4, -0.2) is 44.8 Å². The summed E-state index contributed by atoms with van der Waals surface area (Å²) < 4.78 is 29.2.